The molecule has 2 rings (SSSR count). The van der Waals surface area contributed by atoms with Crippen LogP contribution in [0.4, 0.5) is 0 Å². The molecular weight excluding hydrogens is 162 g/mol. The van der Waals surface area contributed by atoms with Crippen LogP contribution in [0.15, 0.2) is 30.3 Å². The zero-order valence-electron chi connectivity index (χ0n) is 7.73. The largest absolute Gasteiger partial charge is 0.336 e. The number of benzene rings is 1. The first-order valence-corrected chi connectivity index (χ1v) is 4.65. The fourth-order valence-electron chi connectivity index (χ4n) is 1.56. The van der Waals surface area contributed by atoms with E-state index in [1.807, 2.05) is 35.2 Å². The summed E-state index contributed by atoms with van der Waals surface area (Å²) in [5.74, 6) is 0.166. The van der Waals surface area contributed by atoms with Crippen molar-refractivity contribution >= 4 is 5.91 Å². The molecule has 2 nitrogen and oxygen atoms in total. The Morgan fingerprint density at radius 3 is 2.54 bits per heavy atom. The minimum atomic E-state index is 0.166. The van der Waals surface area contributed by atoms with Crippen LogP contribution in [0.2, 0.25) is 0 Å². The van der Waals surface area contributed by atoms with Gasteiger partial charge in [0.25, 0.3) is 5.91 Å². The third kappa shape index (κ3) is 1.44. The number of carbonyl (C=O) groups excluding carboxylic acids is 1. The summed E-state index contributed by atoms with van der Waals surface area (Å²) < 4.78 is 0. The molecule has 1 saturated heterocycles. The van der Waals surface area contributed by atoms with Crippen molar-refractivity contribution in [1.29, 1.82) is 0 Å². The molecule has 0 aliphatic carbocycles. The molecular formula is C11H13NO. The Bertz CT molecular complexity index is 307. The molecule has 2 heteroatoms. The highest BCUT2D eigenvalue weighted by atomic mass is 16.2. The first kappa shape index (κ1) is 8.30. The molecule has 68 valence electrons. The first-order valence-electron chi connectivity index (χ1n) is 4.65. The van der Waals surface area contributed by atoms with E-state index in [0.29, 0.717) is 6.04 Å². The van der Waals surface area contributed by atoms with E-state index in [1.165, 1.54) is 0 Å². The Balaban J connectivity index is 2.14. The fraction of sp³-hybridized carbons (Fsp3) is 0.364. The Morgan fingerprint density at radius 1 is 1.38 bits per heavy atom. The van der Waals surface area contributed by atoms with Gasteiger partial charge in [-0.3, -0.25) is 4.79 Å². The number of hydrogen-bond acceptors (Lipinski definition) is 1. The molecule has 0 radical (unpaired) electrons. The highest BCUT2D eigenvalue weighted by molar-refractivity contribution is 5.94. The molecule has 0 N–H and O–H groups in total. The quantitative estimate of drug-likeness (QED) is 0.638. The molecule has 0 spiro atoms. The van der Waals surface area contributed by atoms with E-state index in [2.05, 4.69) is 6.92 Å². The fourth-order valence-corrected chi connectivity index (χ4v) is 1.56. The standard InChI is InChI=1S/C11H13NO/c1-9-7-8-12(9)11(13)10-5-3-2-4-6-10/h2-6,9H,7-8H2,1H3/t9-/m1/s1. The van der Waals surface area contributed by atoms with E-state index in [-0.39, 0.29) is 5.91 Å². The lowest BCUT2D eigenvalue weighted by molar-refractivity contribution is 0.0502. The van der Waals surface area contributed by atoms with Crippen molar-refractivity contribution in [3.63, 3.8) is 0 Å². The van der Waals surface area contributed by atoms with Gasteiger partial charge in [0.15, 0.2) is 0 Å². The second-order valence-corrected chi connectivity index (χ2v) is 3.50. The average Bonchev–Trinajstić information content (AvgIpc) is 2.17. The van der Waals surface area contributed by atoms with Crippen LogP contribution in [0.5, 0.6) is 0 Å². The van der Waals surface area contributed by atoms with E-state index < -0.39 is 0 Å². The van der Waals surface area contributed by atoms with Gasteiger partial charge in [-0.2, -0.15) is 0 Å². The van der Waals surface area contributed by atoms with Crippen molar-refractivity contribution in [2.24, 2.45) is 0 Å². The van der Waals surface area contributed by atoms with Crippen LogP contribution in [-0.4, -0.2) is 23.4 Å². The van der Waals surface area contributed by atoms with Crippen LogP contribution in [0, 0.1) is 0 Å². The molecule has 13 heavy (non-hydrogen) atoms. The summed E-state index contributed by atoms with van der Waals surface area (Å²) in [6.45, 7) is 3.00. The predicted molar refractivity (Wildman–Crippen MR) is 51.6 cm³/mol. The van der Waals surface area contributed by atoms with Crippen molar-refractivity contribution in [3.05, 3.63) is 35.9 Å². The van der Waals surface area contributed by atoms with Crippen molar-refractivity contribution < 1.29 is 4.79 Å². The van der Waals surface area contributed by atoms with E-state index in [0.717, 1.165) is 18.5 Å². The van der Waals surface area contributed by atoms with Gasteiger partial charge in [0, 0.05) is 18.2 Å². The van der Waals surface area contributed by atoms with Crippen molar-refractivity contribution in [1.82, 2.24) is 4.90 Å². The Kier molecular flexibility index (Phi) is 2.05. The van der Waals surface area contributed by atoms with Crippen LogP contribution in [0.1, 0.15) is 23.7 Å². The molecule has 0 aromatic heterocycles. The number of nitrogens with zero attached hydrogens (tertiary/aromatic N) is 1. The smallest absolute Gasteiger partial charge is 0.254 e. The second kappa shape index (κ2) is 3.21. The maximum absolute atomic E-state index is 11.8. The van der Waals surface area contributed by atoms with Crippen molar-refractivity contribution in [2.45, 2.75) is 19.4 Å². The Morgan fingerprint density at radius 2 is 2.08 bits per heavy atom. The van der Waals surface area contributed by atoms with Crippen LogP contribution >= 0.6 is 0 Å². The monoisotopic (exact) mass is 175 g/mol. The molecule has 0 bridgehead atoms. The Hall–Kier alpha value is -1.31. The predicted octanol–water partition coefficient (Wildman–Crippen LogP) is 1.92. The maximum atomic E-state index is 11.8. The molecule has 1 atom stereocenters. The van der Waals surface area contributed by atoms with E-state index in [4.69, 9.17) is 0 Å². The minimum absolute atomic E-state index is 0.166. The molecule has 1 aromatic carbocycles. The van der Waals surface area contributed by atoms with Crippen LogP contribution < -0.4 is 0 Å². The lowest BCUT2D eigenvalue weighted by Gasteiger charge is -2.38. The van der Waals surface area contributed by atoms with Gasteiger partial charge in [-0.25, -0.2) is 0 Å². The number of hydrogen-bond donors (Lipinski definition) is 0. The minimum Gasteiger partial charge on any atom is -0.336 e. The van der Waals surface area contributed by atoms with E-state index in [1.54, 1.807) is 0 Å². The van der Waals surface area contributed by atoms with Crippen molar-refractivity contribution in [2.75, 3.05) is 6.54 Å². The molecule has 1 amide bonds. The zero-order chi connectivity index (χ0) is 9.26. The summed E-state index contributed by atoms with van der Waals surface area (Å²) in [5, 5.41) is 0. The molecule has 1 aliphatic heterocycles. The lowest BCUT2D eigenvalue weighted by Crippen LogP contribution is -2.49. The molecule has 1 aliphatic rings. The van der Waals surface area contributed by atoms with Crippen molar-refractivity contribution in [3.8, 4) is 0 Å². The van der Waals surface area contributed by atoms with Gasteiger partial charge >= 0.3 is 0 Å². The normalized spacial score (nSPS) is 21.0. The summed E-state index contributed by atoms with van der Waals surface area (Å²) in [6, 6.07) is 9.89. The summed E-state index contributed by atoms with van der Waals surface area (Å²) in [7, 11) is 0. The second-order valence-electron chi connectivity index (χ2n) is 3.50. The first-order chi connectivity index (χ1) is 6.29. The lowest BCUT2D eigenvalue weighted by atomic mass is 10.0. The van der Waals surface area contributed by atoms with Gasteiger partial charge in [-0.15, -0.1) is 0 Å². The highest BCUT2D eigenvalue weighted by Gasteiger charge is 2.28. The topological polar surface area (TPSA) is 20.3 Å². The molecule has 1 fully saturated rings. The van der Waals surface area contributed by atoms with Gasteiger partial charge < -0.3 is 4.90 Å². The highest BCUT2D eigenvalue weighted by Crippen LogP contribution is 2.19. The zero-order valence-corrected chi connectivity index (χ0v) is 7.73. The molecule has 0 unspecified atom stereocenters. The summed E-state index contributed by atoms with van der Waals surface area (Å²) in [4.78, 5) is 13.7. The average molecular weight is 175 g/mol. The van der Waals surface area contributed by atoms with Crippen LogP contribution in [-0.2, 0) is 0 Å². The SMILES string of the molecule is C[C@@H]1CCN1C(=O)c1ccccc1. The number of carbonyl (C=O) groups is 1. The van der Waals surface area contributed by atoms with E-state index in [9.17, 15) is 4.79 Å². The van der Waals surface area contributed by atoms with E-state index >= 15 is 0 Å². The number of likely N-dealkylation sites (tertiary alicyclic amines) is 1. The van der Waals surface area contributed by atoms with Gasteiger partial charge in [-0.05, 0) is 25.5 Å². The summed E-state index contributed by atoms with van der Waals surface area (Å²) >= 11 is 0. The van der Waals surface area contributed by atoms with Gasteiger partial charge in [0.1, 0.15) is 0 Å². The van der Waals surface area contributed by atoms with Gasteiger partial charge in [0.2, 0.25) is 0 Å². The molecule has 1 heterocycles. The Labute approximate surface area is 78.2 Å². The van der Waals surface area contributed by atoms with Crippen LogP contribution in [0.25, 0.3) is 0 Å². The maximum Gasteiger partial charge on any atom is 0.254 e. The third-order valence-electron chi connectivity index (χ3n) is 2.60. The molecule has 0 saturated carbocycles. The number of amides is 1. The number of rotatable bonds is 1. The van der Waals surface area contributed by atoms with Gasteiger partial charge in [0.05, 0.1) is 0 Å². The molecule has 1 aromatic rings. The van der Waals surface area contributed by atoms with Gasteiger partial charge in [-0.1, -0.05) is 18.2 Å². The summed E-state index contributed by atoms with van der Waals surface area (Å²) in [5.41, 5.74) is 0.800. The third-order valence-corrected chi connectivity index (χ3v) is 2.60. The summed E-state index contributed by atoms with van der Waals surface area (Å²) in [6.07, 6.45) is 1.14. The van der Waals surface area contributed by atoms with Crippen LogP contribution in [0.3, 0.4) is 0 Å².